The molecule has 0 aliphatic carbocycles. The first-order valence-electron chi connectivity index (χ1n) is 2.17. The van der Waals surface area contributed by atoms with E-state index in [9.17, 15) is 0 Å². The average Bonchev–Trinajstić information content (AvgIpc) is 1.87. The van der Waals surface area contributed by atoms with Gasteiger partial charge in [-0.2, -0.15) is 0 Å². The highest BCUT2D eigenvalue weighted by atomic mass is 16.7. The SMILES string of the molecule is C=C1C[NH+](C)[N-]O1. The summed E-state index contributed by atoms with van der Waals surface area (Å²) in [7, 11) is 1.91. The van der Waals surface area contributed by atoms with E-state index in [1.807, 2.05) is 7.05 Å². The van der Waals surface area contributed by atoms with Gasteiger partial charge >= 0.3 is 0 Å². The number of rotatable bonds is 0. The molecule has 1 rings (SSSR count). The first-order chi connectivity index (χ1) is 3.29. The summed E-state index contributed by atoms with van der Waals surface area (Å²) >= 11 is 0. The lowest BCUT2D eigenvalue weighted by molar-refractivity contribution is -0.835. The van der Waals surface area contributed by atoms with Gasteiger partial charge in [0.1, 0.15) is 12.3 Å². The van der Waals surface area contributed by atoms with Crippen molar-refractivity contribution in [2.75, 3.05) is 13.6 Å². The molecule has 0 bridgehead atoms. The molecule has 1 saturated heterocycles. The van der Waals surface area contributed by atoms with Gasteiger partial charge in [0.15, 0.2) is 0 Å². The van der Waals surface area contributed by atoms with Crippen LogP contribution >= 0.6 is 0 Å². The van der Waals surface area contributed by atoms with Crippen molar-refractivity contribution in [2.45, 2.75) is 0 Å². The first kappa shape index (κ1) is 4.61. The Bertz CT molecular complexity index is 91.7. The first-order valence-corrected chi connectivity index (χ1v) is 2.17. The maximum atomic E-state index is 4.66. The molecule has 0 aromatic carbocycles. The number of likely N-dealkylation sites (N-methyl/N-ethyl adjacent to an activating group) is 1. The Balaban J connectivity index is 2.40. The van der Waals surface area contributed by atoms with Crippen molar-refractivity contribution in [3.05, 3.63) is 17.9 Å². The minimum Gasteiger partial charge on any atom is -0.538 e. The van der Waals surface area contributed by atoms with E-state index in [2.05, 4.69) is 17.0 Å². The average molecular weight is 100 g/mol. The van der Waals surface area contributed by atoms with Gasteiger partial charge in [0.05, 0.1) is 7.05 Å². The minimum atomic E-state index is 0.748. The molecule has 0 amide bonds. The standard InChI is InChI=1S/C4H8N2O/c1-4-3-6(2)5-7-4/h6H,1,3H2,2H3. The van der Waals surface area contributed by atoms with Gasteiger partial charge in [-0.05, 0) is 0 Å². The van der Waals surface area contributed by atoms with Crippen LogP contribution < -0.4 is 5.01 Å². The van der Waals surface area contributed by atoms with Crippen molar-refractivity contribution in [3.8, 4) is 0 Å². The van der Waals surface area contributed by atoms with Gasteiger partial charge in [-0.25, -0.2) is 0 Å². The number of hydrogen-bond acceptors (Lipinski definition) is 1. The van der Waals surface area contributed by atoms with Gasteiger partial charge in [-0.1, -0.05) is 6.58 Å². The van der Waals surface area contributed by atoms with Crippen molar-refractivity contribution in [2.24, 2.45) is 0 Å². The molecule has 1 aliphatic rings. The van der Waals surface area contributed by atoms with Crippen LogP contribution in [0.3, 0.4) is 0 Å². The number of nitrogens with one attached hydrogen (secondary N) is 1. The Morgan fingerprint density at radius 2 is 2.71 bits per heavy atom. The van der Waals surface area contributed by atoms with Crippen LogP contribution in [0.5, 0.6) is 0 Å². The number of hydrogen-bond donors (Lipinski definition) is 1. The van der Waals surface area contributed by atoms with Gasteiger partial charge in [0.2, 0.25) is 0 Å². The van der Waals surface area contributed by atoms with Crippen LogP contribution in [0.15, 0.2) is 12.3 Å². The highest BCUT2D eigenvalue weighted by Crippen LogP contribution is 1.96. The third kappa shape index (κ3) is 0.913. The molecule has 7 heavy (non-hydrogen) atoms. The van der Waals surface area contributed by atoms with Crippen molar-refractivity contribution in [1.82, 2.24) is 0 Å². The molecule has 0 aromatic heterocycles. The molecule has 3 heteroatoms. The normalized spacial score (nSPS) is 30.4. The van der Waals surface area contributed by atoms with Gasteiger partial charge in [0.25, 0.3) is 0 Å². The number of nitrogens with zero attached hydrogens (tertiary/aromatic N) is 1. The predicted octanol–water partition coefficient (Wildman–Crippen LogP) is -0.751. The van der Waals surface area contributed by atoms with Crippen LogP contribution in [-0.4, -0.2) is 13.6 Å². The Morgan fingerprint density at radius 3 is 2.86 bits per heavy atom. The molecule has 0 saturated carbocycles. The Morgan fingerprint density at radius 1 is 2.00 bits per heavy atom. The van der Waals surface area contributed by atoms with Gasteiger partial charge in [-0.15, -0.1) is 0 Å². The van der Waals surface area contributed by atoms with E-state index >= 15 is 0 Å². The van der Waals surface area contributed by atoms with Crippen LogP contribution in [0.1, 0.15) is 0 Å². The van der Waals surface area contributed by atoms with Crippen LogP contribution in [0, 0.1) is 0 Å². The molecule has 0 aromatic rings. The monoisotopic (exact) mass is 100 g/mol. The van der Waals surface area contributed by atoms with E-state index in [1.165, 1.54) is 0 Å². The largest absolute Gasteiger partial charge is 0.538 e. The van der Waals surface area contributed by atoms with Crippen LogP contribution in [0.4, 0.5) is 0 Å². The van der Waals surface area contributed by atoms with Crippen LogP contribution in [-0.2, 0) is 4.84 Å². The Kier molecular flexibility index (Phi) is 1.00. The van der Waals surface area contributed by atoms with E-state index in [-0.39, 0.29) is 0 Å². The molecular formula is C4H8N2O. The van der Waals surface area contributed by atoms with E-state index in [0.717, 1.165) is 17.3 Å². The van der Waals surface area contributed by atoms with Gasteiger partial charge in [0, 0.05) is 0 Å². The zero-order chi connectivity index (χ0) is 5.28. The Hall–Kier alpha value is -0.540. The molecule has 1 atom stereocenters. The molecule has 1 fully saturated rings. The highest BCUT2D eigenvalue weighted by Gasteiger charge is 2.02. The molecule has 1 unspecified atom stereocenters. The van der Waals surface area contributed by atoms with Crippen LogP contribution in [0.2, 0.25) is 0 Å². The summed E-state index contributed by atoms with van der Waals surface area (Å²) < 4.78 is 0. The van der Waals surface area contributed by atoms with Gasteiger partial charge < -0.3 is 9.85 Å². The second-order valence-corrected chi connectivity index (χ2v) is 1.63. The zero-order valence-electron chi connectivity index (χ0n) is 4.27. The highest BCUT2D eigenvalue weighted by molar-refractivity contribution is 4.85. The topological polar surface area (TPSA) is 27.8 Å². The Labute approximate surface area is 42.5 Å². The second-order valence-electron chi connectivity index (χ2n) is 1.63. The maximum Gasteiger partial charge on any atom is 0.129 e. The summed E-state index contributed by atoms with van der Waals surface area (Å²) in [5.74, 6) is 0.748. The summed E-state index contributed by atoms with van der Waals surface area (Å²) in [5, 5.41) is 1.00. The lowest BCUT2D eigenvalue weighted by Gasteiger charge is -2.11. The molecule has 1 N–H and O–H groups in total. The third-order valence-corrected chi connectivity index (χ3v) is 0.784. The smallest absolute Gasteiger partial charge is 0.129 e. The van der Waals surface area contributed by atoms with E-state index < -0.39 is 0 Å². The lowest BCUT2D eigenvalue weighted by Crippen LogP contribution is -3.02. The second kappa shape index (κ2) is 1.52. The molecule has 1 heterocycles. The fourth-order valence-corrected chi connectivity index (χ4v) is 0.492. The lowest BCUT2D eigenvalue weighted by atomic mass is 10.6. The molecule has 1 aliphatic heterocycles. The summed E-state index contributed by atoms with van der Waals surface area (Å²) in [6, 6.07) is 0. The molecule has 0 spiro atoms. The summed E-state index contributed by atoms with van der Waals surface area (Å²) in [5.41, 5.74) is 3.63. The van der Waals surface area contributed by atoms with Crippen molar-refractivity contribution < 1.29 is 9.85 Å². The minimum absolute atomic E-state index is 0.748. The summed E-state index contributed by atoms with van der Waals surface area (Å²) in [6.07, 6.45) is 0. The van der Waals surface area contributed by atoms with E-state index in [4.69, 9.17) is 0 Å². The van der Waals surface area contributed by atoms with Gasteiger partial charge in [-0.3, -0.25) is 5.59 Å². The summed E-state index contributed by atoms with van der Waals surface area (Å²) in [6.45, 7) is 4.37. The molecule has 0 radical (unpaired) electrons. The fraction of sp³-hybridized carbons (Fsp3) is 0.500. The fourth-order valence-electron chi connectivity index (χ4n) is 0.492. The zero-order valence-corrected chi connectivity index (χ0v) is 4.27. The quantitative estimate of drug-likeness (QED) is 0.426. The maximum absolute atomic E-state index is 4.66. The summed E-state index contributed by atoms with van der Waals surface area (Å²) in [4.78, 5) is 4.66. The molecular weight excluding hydrogens is 92.1 g/mol. The molecule has 3 nitrogen and oxygen atoms in total. The molecule has 40 valence electrons. The number of quaternary nitrogens is 1. The third-order valence-electron chi connectivity index (χ3n) is 0.784. The predicted molar refractivity (Wildman–Crippen MR) is 25.3 cm³/mol. The van der Waals surface area contributed by atoms with Crippen molar-refractivity contribution in [3.63, 3.8) is 0 Å². The van der Waals surface area contributed by atoms with Crippen molar-refractivity contribution in [1.29, 1.82) is 0 Å². The van der Waals surface area contributed by atoms with Crippen LogP contribution in [0.25, 0.3) is 5.59 Å². The van der Waals surface area contributed by atoms with Crippen molar-refractivity contribution >= 4 is 0 Å². The van der Waals surface area contributed by atoms with E-state index in [1.54, 1.807) is 0 Å². The van der Waals surface area contributed by atoms with E-state index in [0.29, 0.717) is 0 Å².